The van der Waals surface area contributed by atoms with Crippen LogP contribution in [0.4, 0.5) is 5.69 Å². The SMILES string of the molecule is CCOc1cc(/C=C2\SC(=Nc3ccc(C(=O)O)cc3)N(CC)C2=O)ccc1OCc1cccc(Cl)c1. The van der Waals surface area contributed by atoms with Crippen molar-refractivity contribution in [3.05, 3.63) is 93.3 Å². The van der Waals surface area contributed by atoms with Crippen LogP contribution in [0, 0.1) is 0 Å². The molecule has 1 heterocycles. The quantitative estimate of drug-likeness (QED) is 0.308. The van der Waals surface area contributed by atoms with E-state index >= 15 is 0 Å². The van der Waals surface area contributed by atoms with Gasteiger partial charge in [-0.1, -0.05) is 29.8 Å². The third kappa shape index (κ3) is 6.53. The molecule has 0 saturated carbocycles. The van der Waals surface area contributed by atoms with Crippen LogP contribution in [0.15, 0.2) is 76.6 Å². The predicted octanol–water partition coefficient (Wildman–Crippen LogP) is 6.64. The Bertz CT molecular complexity index is 1370. The minimum atomic E-state index is -1.00. The molecule has 0 atom stereocenters. The van der Waals surface area contributed by atoms with E-state index in [4.69, 9.17) is 26.2 Å². The predicted molar refractivity (Wildman–Crippen MR) is 147 cm³/mol. The number of benzene rings is 3. The molecule has 9 heteroatoms. The first-order chi connectivity index (χ1) is 17.9. The number of carboxylic acid groups (broad SMARTS) is 1. The van der Waals surface area contributed by atoms with Crippen LogP contribution in [-0.4, -0.2) is 40.2 Å². The van der Waals surface area contributed by atoms with Gasteiger partial charge in [-0.2, -0.15) is 0 Å². The number of likely N-dealkylation sites (N-methyl/N-ethyl adjacent to an activating group) is 1. The molecule has 1 N–H and O–H groups in total. The van der Waals surface area contributed by atoms with Gasteiger partial charge in [0.1, 0.15) is 6.61 Å². The van der Waals surface area contributed by atoms with Crippen molar-refractivity contribution in [1.29, 1.82) is 0 Å². The van der Waals surface area contributed by atoms with Crippen LogP contribution in [0.2, 0.25) is 5.02 Å². The van der Waals surface area contributed by atoms with Crippen LogP contribution in [0.1, 0.15) is 35.3 Å². The average molecular weight is 537 g/mol. The highest BCUT2D eigenvalue weighted by molar-refractivity contribution is 8.18. The van der Waals surface area contributed by atoms with Crippen LogP contribution >= 0.6 is 23.4 Å². The zero-order valence-electron chi connectivity index (χ0n) is 20.3. The molecule has 0 aliphatic carbocycles. The van der Waals surface area contributed by atoms with Crippen molar-refractivity contribution in [2.75, 3.05) is 13.2 Å². The van der Waals surface area contributed by atoms with E-state index in [1.807, 2.05) is 56.3 Å². The first-order valence-electron chi connectivity index (χ1n) is 11.7. The van der Waals surface area contributed by atoms with Gasteiger partial charge in [0.2, 0.25) is 0 Å². The Morgan fingerprint density at radius 1 is 1.05 bits per heavy atom. The second-order valence-corrected chi connectivity index (χ2v) is 9.41. The number of ether oxygens (including phenoxy) is 2. The van der Waals surface area contributed by atoms with Gasteiger partial charge in [-0.15, -0.1) is 0 Å². The Morgan fingerprint density at radius 2 is 1.84 bits per heavy atom. The summed E-state index contributed by atoms with van der Waals surface area (Å²) in [6, 6.07) is 19.2. The number of hydrogen-bond acceptors (Lipinski definition) is 6. The highest BCUT2D eigenvalue weighted by atomic mass is 35.5. The molecular formula is C28H25ClN2O5S. The standard InChI is InChI=1S/C28H25ClN2O5S/c1-3-31-26(32)25(37-28(31)30-22-11-9-20(10-12-22)27(33)34)16-18-8-13-23(24(15-18)35-4-2)36-17-19-6-5-7-21(29)14-19/h5-16H,3-4,17H2,1-2H3,(H,33,34)/b25-16-,30-28?. The number of hydrogen-bond donors (Lipinski definition) is 1. The molecule has 7 nitrogen and oxygen atoms in total. The van der Waals surface area contributed by atoms with Gasteiger partial charge in [-0.3, -0.25) is 9.69 Å². The molecule has 1 saturated heterocycles. The number of nitrogens with zero attached hydrogens (tertiary/aromatic N) is 2. The van der Waals surface area contributed by atoms with E-state index in [0.29, 0.717) is 52.0 Å². The van der Waals surface area contributed by atoms with E-state index in [2.05, 4.69) is 4.99 Å². The summed E-state index contributed by atoms with van der Waals surface area (Å²) in [7, 11) is 0. The molecule has 3 aromatic rings. The van der Waals surface area contributed by atoms with E-state index in [9.17, 15) is 9.59 Å². The molecule has 4 rings (SSSR count). The number of thioether (sulfide) groups is 1. The maximum Gasteiger partial charge on any atom is 0.335 e. The number of amidine groups is 1. The summed E-state index contributed by atoms with van der Waals surface area (Å²) in [5, 5.41) is 10.3. The molecular weight excluding hydrogens is 512 g/mol. The van der Waals surface area contributed by atoms with Crippen molar-refractivity contribution < 1.29 is 24.2 Å². The number of amides is 1. The Hall–Kier alpha value is -3.75. The molecule has 0 radical (unpaired) electrons. The summed E-state index contributed by atoms with van der Waals surface area (Å²) in [6.07, 6.45) is 1.80. The molecule has 37 heavy (non-hydrogen) atoms. The molecule has 0 bridgehead atoms. The van der Waals surface area contributed by atoms with E-state index < -0.39 is 5.97 Å². The van der Waals surface area contributed by atoms with E-state index in [1.54, 1.807) is 23.1 Å². The van der Waals surface area contributed by atoms with E-state index in [-0.39, 0.29) is 11.5 Å². The minimum Gasteiger partial charge on any atom is -0.490 e. The van der Waals surface area contributed by atoms with Crippen LogP contribution in [-0.2, 0) is 11.4 Å². The van der Waals surface area contributed by atoms with Crippen molar-refractivity contribution in [3.63, 3.8) is 0 Å². The summed E-state index contributed by atoms with van der Waals surface area (Å²) in [6.45, 7) is 5.03. The summed E-state index contributed by atoms with van der Waals surface area (Å²) in [5.74, 6) is 0.0238. The molecule has 0 spiro atoms. The summed E-state index contributed by atoms with van der Waals surface area (Å²) in [4.78, 5) is 30.8. The minimum absolute atomic E-state index is 0.146. The van der Waals surface area contributed by atoms with Gasteiger partial charge in [-0.25, -0.2) is 9.79 Å². The topological polar surface area (TPSA) is 88.4 Å². The number of aliphatic imine (C=N–C) groups is 1. The third-order valence-electron chi connectivity index (χ3n) is 5.39. The summed E-state index contributed by atoms with van der Waals surface area (Å²) in [5.41, 5.74) is 2.48. The number of halogens is 1. The lowest BCUT2D eigenvalue weighted by molar-refractivity contribution is -0.122. The highest BCUT2D eigenvalue weighted by Gasteiger charge is 2.32. The van der Waals surface area contributed by atoms with Gasteiger partial charge in [-0.05, 0) is 91.3 Å². The zero-order chi connectivity index (χ0) is 26.4. The lowest BCUT2D eigenvalue weighted by Crippen LogP contribution is -2.28. The Labute approximate surface area is 224 Å². The summed E-state index contributed by atoms with van der Waals surface area (Å²) < 4.78 is 11.8. The lowest BCUT2D eigenvalue weighted by atomic mass is 10.1. The van der Waals surface area contributed by atoms with Gasteiger partial charge in [0, 0.05) is 11.6 Å². The maximum absolute atomic E-state index is 13.1. The number of carbonyl (C=O) groups excluding carboxylic acids is 1. The Kier molecular flexibility index (Phi) is 8.53. The molecule has 1 aliphatic rings. The normalized spacial score (nSPS) is 15.4. The molecule has 0 aromatic heterocycles. The van der Waals surface area contributed by atoms with Gasteiger partial charge in [0.05, 0.1) is 22.8 Å². The average Bonchev–Trinajstić information content (AvgIpc) is 3.17. The molecule has 1 amide bonds. The van der Waals surface area contributed by atoms with Gasteiger partial charge < -0.3 is 14.6 Å². The maximum atomic E-state index is 13.1. The van der Waals surface area contributed by atoms with Gasteiger partial charge >= 0.3 is 5.97 Å². The first-order valence-corrected chi connectivity index (χ1v) is 12.8. The third-order valence-corrected chi connectivity index (χ3v) is 6.63. The van der Waals surface area contributed by atoms with Crippen LogP contribution in [0.3, 0.4) is 0 Å². The second kappa shape index (κ2) is 12.0. The molecule has 190 valence electrons. The fourth-order valence-electron chi connectivity index (χ4n) is 3.60. The lowest BCUT2D eigenvalue weighted by Gasteiger charge is -2.13. The van der Waals surface area contributed by atoms with Crippen molar-refractivity contribution in [2.24, 2.45) is 4.99 Å². The fourth-order valence-corrected chi connectivity index (χ4v) is 4.88. The van der Waals surface area contributed by atoms with Crippen LogP contribution < -0.4 is 9.47 Å². The largest absolute Gasteiger partial charge is 0.490 e. The van der Waals surface area contributed by atoms with Crippen LogP contribution in [0.25, 0.3) is 6.08 Å². The highest BCUT2D eigenvalue weighted by Crippen LogP contribution is 2.36. The fraction of sp³-hybridized carbons (Fsp3) is 0.179. The molecule has 3 aromatic carbocycles. The van der Waals surface area contributed by atoms with Gasteiger partial charge in [0.25, 0.3) is 5.91 Å². The Balaban J connectivity index is 1.55. The molecule has 0 unspecified atom stereocenters. The Morgan fingerprint density at radius 3 is 2.51 bits per heavy atom. The van der Waals surface area contributed by atoms with Crippen molar-refractivity contribution >= 4 is 52.2 Å². The number of carboxylic acids is 1. The number of carbonyl (C=O) groups is 2. The van der Waals surface area contributed by atoms with Crippen molar-refractivity contribution in [2.45, 2.75) is 20.5 Å². The van der Waals surface area contributed by atoms with Crippen molar-refractivity contribution in [1.82, 2.24) is 4.90 Å². The zero-order valence-corrected chi connectivity index (χ0v) is 21.9. The van der Waals surface area contributed by atoms with E-state index in [1.165, 1.54) is 23.9 Å². The first kappa shape index (κ1) is 26.3. The second-order valence-electron chi connectivity index (χ2n) is 7.96. The molecule has 1 fully saturated rings. The van der Waals surface area contributed by atoms with Gasteiger partial charge in [0.15, 0.2) is 16.7 Å². The molecule has 1 aliphatic heterocycles. The van der Waals surface area contributed by atoms with Crippen molar-refractivity contribution in [3.8, 4) is 11.5 Å². The summed E-state index contributed by atoms with van der Waals surface area (Å²) >= 11 is 7.34. The smallest absolute Gasteiger partial charge is 0.335 e. The monoisotopic (exact) mass is 536 g/mol. The number of rotatable bonds is 9. The van der Waals surface area contributed by atoms with E-state index in [0.717, 1.165) is 11.1 Å². The van der Waals surface area contributed by atoms with Crippen LogP contribution in [0.5, 0.6) is 11.5 Å². The number of aromatic carboxylic acids is 1.